The van der Waals surface area contributed by atoms with Gasteiger partial charge in [0.25, 0.3) is 11.8 Å². The number of ether oxygens (including phenoxy) is 1. The number of aromatic nitrogens is 1. The number of hydrogen-bond acceptors (Lipinski definition) is 11. The van der Waals surface area contributed by atoms with E-state index in [4.69, 9.17) is 15.3 Å². The van der Waals surface area contributed by atoms with Gasteiger partial charge in [-0.1, -0.05) is 11.7 Å². The van der Waals surface area contributed by atoms with Crippen molar-refractivity contribution in [2.75, 3.05) is 18.1 Å². The van der Waals surface area contributed by atoms with Crippen LogP contribution >= 0.6 is 23.1 Å². The van der Waals surface area contributed by atoms with Gasteiger partial charge in [0, 0.05) is 23.6 Å². The number of thiazole rings is 1. The minimum Gasteiger partial charge on any atom is -1.00 e. The van der Waals surface area contributed by atoms with E-state index in [9.17, 15) is 24.3 Å². The van der Waals surface area contributed by atoms with E-state index in [0.29, 0.717) is 5.57 Å². The number of carboxylic acids is 1. The summed E-state index contributed by atoms with van der Waals surface area (Å²) in [4.78, 5) is 58.0. The SMILES string of the molecule is C=CO/N=C(\C(=O)N[C@@H]1C(=O)N2C(C(=O)O)=C(COC(C)=O)CS[C@H]12)c1csc(N)n1.[H-].[Na+]. The van der Waals surface area contributed by atoms with Crippen LogP contribution in [0.25, 0.3) is 0 Å². The number of thioether (sulfide) groups is 1. The Labute approximate surface area is 213 Å². The average molecular weight is 491 g/mol. The van der Waals surface area contributed by atoms with Crippen molar-refractivity contribution in [3.05, 3.63) is 35.2 Å². The Morgan fingerprint density at radius 3 is 2.81 bits per heavy atom. The molecule has 2 amide bonds. The summed E-state index contributed by atoms with van der Waals surface area (Å²) in [5.74, 6) is -3.06. The van der Waals surface area contributed by atoms with Gasteiger partial charge in [-0.3, -0.25) is 19.3 Å². The van der Waals surface area contributed by atoms with E-state index in [1.165, 1.54) is 24.1 Å². The molecule has 3 heterocycles. The zero-order chi connectivity index (χ0) is 22.7. The van der Waals surface area contributed by atoms with Gasteiger partial charge in [-0.15, -0.1) is 23.1 Å². The molecule has 0 aromatic carbocycles. The Morgan fingerprint density at radius 2 is 2.25 bits per heavy atom. The fourth-order valence-electron chi connectivity index (χ4n) is 2.88. The smallest absolute Gasteiger partial charge is 1.00 e. The first-order valence-corrected chi connectivity index (χ1v) is 10.6. The maximum absolute atomic E-state index is 12.7. The number of nitrogens with two attached hydrogens (primary N) is 1. The molecule has 166 valence electrons. The molecule has 12 nitrogen and oxygen atoms in total. The molecular weight excluding hydrogens is 473 g/mol. The summed E-state index contributed by atoms with van der Waals surface area (Å²) in [5.41, 5.74) is 5.57. The normalized spacial score (nSPS) is 19.8. The van der Waals surface area contributed by atoms with Crippen LogP contribution in [0.5, 0.6) is 0 Å². The monoisotopic (exact) mass is 491 g/mol. The third-order valence-corrected chi connectivity index (χ3v) is 6.20. The number of esters is 1. The number of nitrogens with zero attached hydrogens (tertiary/aromatic N) is 3. The quantitative estimate of drug-likeness (QED) is 0.0850. The molecular formula is C17H18N5NaO7S2. The number of hydrogen-bond donors (Lipinski definition) is 3. The summed E-state index contributed by atoms with van der Waals surface area (Å²) in [6.45, 7) is 4.31. The number of oxime groups is 1. The van der Waals surface area contributed by atoms with Crippen LogP contribution in [-0.4, -0.2) is 68.2 Å². The molecule has 2 aliphatic rings. The number of nitrogens with one attached hydrogen (secondary N) is 1. The number of amides is 2. The molecule has 0 aliphatic carbocycles. The summed E-state index contributed by atoms with van der Waals surface area (Å²) < 4.78 is 4.88. The van der Waals surface area contributed by atoms with E-state index < -0.39 is 35.2 Å². The molecule has 1 aromatic heterocycles. The number of anilines is 1. The Balaban J connectivity index is 0.00000272. The summed E-state index contributed by atoms with van der Waals surface area (Å²) in [6, 6.07) is -0.993. The van der Waals surface area contributed by atoms with Gasteiger partial charge in [-0.05, 0) is 0 Å². The van der Waals surface area contributed by atoms with Crippen molar-refractivity contribution in [2.24, 2.45) is 5.16 Å². The van der Waals surface area contributed by atoms with E-state index in [-0.39, 0.29) is 65.6 Å². The van der Waals surface area contributed by atoms with Gasteiger partial charge in [0.1, 0.15) is 35.7 Å². The Kier molecular flexibility index (Phi) is 8.86. The van der Waals surface area contributed by atoms with Gasteiger partial charge in [-0.2, -0.15) is 0 Å². The first-order valence-electron chi connectivity index (χ1n) is 8.65. The standard InChI is InChI=1S/C17H17N5O7S2.Na.H/c1-3-29-21-10(9-6-31-17(18)19-9)13(24)20-11-14(25)22-12(16(26)27)8(4-28-7(2)23)5-30-15(11)22;;/h3,6,11,15H,1,4-5H2,2H3,(H2,18,19)(H,20,24)(H,26,27);;/q;+1;-1/b21-10-;;/t11-,15-;;/m1../s1. The molecule has 0 saturated carbocycles. The second-order valence-corrected chi connectivity index (χ2v) is 8.18. The van der Waals surface area contributed by atoms with Crippen molar-refractivity contribution in [3.8, 4) is 0 Å². The Hall–Kier alpha value is -2.39. The molecule has 0 bridgehead atoms. The third kappa shape index (κ3) is 5.32. The van der Waals surface area contributed by atoms with Crippen LogP contribution in [-0.2, 0) is 28.8 Å². The number of carbonyl (C=O) groups is 4. The maximum Gasteiger partial charge on any atom is 1.00 e. The van der Waals surface area contributed by atoms with Crippen molar-refractivity contribution in [1.82, 2.24) is 15.2 Å². The first-order chi connectivity index (χ1) is 14.7. The molecule has 0 unspecified atom stereocenters. The van der Waals surface area contributed by atoms with Crippen molar-refractivity contribution in [2.45, 2.75) is 18.3 Å². The molecule has 15 heteroatoms. The average Bonchev–Trinajstić information content (AvgIpc) is 3.15. The fourth-order valence-corrected chi connectivity index (χ4v) is 4.76. The van der Waals surface area contributed by atoms with Gasteiger partial charge in [0.05, 0.1) is 0 Å². The second kappa shape index (κ2) is 11.0. The molecule has 1 aromatic rings. The first kappa shape index (κ1) is 25.9. The predicted octanol–water partition coefficient (Wildman–Crippen LogP) is -2.99. The summed E-state index contributed by atoms with van der Waals surface area (Å²) in [6.07, 6.45) is 1.00. The number of fused-ring (bicyclic) bond motifs is 1. The van der Waals surface area contributed by atoms with E-state index >= 15 is 0 Å². The molecule has 0 radical (unpaired) electrons. The van der Waals surface area contributed by atoms with Crippen LogP contribution in [0.4, 0.5) is 5.13 Å². The summed E-state index contributed by atoms with van der Waals surface area (Å²) in [5, 5.41) is 16.8. The van der Waals surface area contributed by atoms with E-state index in [0.717, 1.165) is 22.5 Å². The maximum atomic E-state index is 12.7. The van der Waals surface area contributed by atoms with Crippen molar-refractivity contribution >= 4 is 57.7 Å². The van der Waals surface area contributed by atoms with Crippen LogP contribution in [0.3, 0.4) is 0 Å². The topological polar surface area (TPSA) is 174 Å². The van der Waals surface area contributed by atoms with Gasteiger partial charge < -0.3 is 27.2 Å². The molecule has 3 rings (SSSR count). The molecule has 2 atom stereocenters. The van der Waals surface area contributed by atoms with Crippen LogP contribution in [0, 0.1) is 0 Å². The van der Waals surface area contributed by atoms with Crippen LogP contribution < -0.4 is 40.6 Å². The Bertz CT molecular complexity index is 1030. The minimum absolute atomic E-state index is 0. The van der Waals surface area contributed by atoms with E-state index in [1.807, 2.05) is 0 Å². The summed E-state index contributed by atoms with van der Waals surface area (Å²) >= 11 is 2.32. The zero-order valence-electron chi connectivity index (χ0n) is 18.1. The molecule has 32 heavy (non-hydrogen) atoms. The van der Waals surface area contributed by atoms with E-state index in [1.54, 1.807) is 0 Å². The van der Waals surface area contributed by atoms with Crippen LogP contribution in [0.15, 0.2) is 34.6 Å². The molecule has 1 fully saturated rings. The van der Waals surface area contributed by atoms with E-state index in [2.05, 4.69) is 22.0 Å². The Morgan fingerprint density at radius 1 is 1.53 bits per heavy atom. The van der Waals surface area contributed by atoms with Crippen molar-refractivity contribution in [1.29, 1.82) is 0 Å². The third-order valence-electron chi connectivity index (χ3n) is 4.18. The number of rotatable bonds is 8. The van der Waals surface area contributed by atoms with Crippen molar-refractivity contribution < 1.29 is 64.8 Å². The van der Waals surface area contributed by atoms with Gasteiger partial charge >= 0.3 is 41.5 Å². The number of carbonyl (C=O) groups excluding carboxylic acids is 3. The fraction of sp³-hybridized carbons (Fsp3) is 0.294. The van der Waals surface area contributed by atoms with Crippen LogP contribution in [0.1, 0.15) is 14.0 Å². The summed E-state index contributed by atoms with van der Waals surface area (Å²) in [7, 11) is 0. The van der Waals surface area contributed by atoms with Gasteiger partial charge in [0.2, 0.25) is 0 Å². The van der Waals surface area contributed by atoms with Gasteiger partial charge in [-0.25, -0.2) is 9.78 Å². The largest absolute Gasteiger partial charge is 1.00 e. The predicted molar refractivity (Wildman–Crippen MR) is 112 cm³/mol. The number of carboxylic acid groups (broad SMARTS) is 1. The molecule has 0 spiro atoms. The number of nitrogen functional groups attached to an aromatic ring is 1. The van der Waals surface area contributed by atoms with Gasteiger partial charge in [0.15, 0.2) is 10.8 Å². The number of aliphatic carboxylic acids is 1. The molecule has 2 aliphatic heterocycles. The van der Waals surface area contributed by atoms with Crippen LogP contribution in [0.2, 0.25) is 0 Å². The second-order valence-electron chi connectivity index (χ2n) is 6.18. The number of β-lactam (4-membered cyclic amide) rings is 1. The molecule has 4 N–H and O–H groups in total. The van der Waals surface area contributed by atoms with Crippen molar-refractivity contribution in [3.63, 3.8) is 0 Å². The zero-order valence-corrected chi connectivity index (χ0v) is 20.7. The molecule has 1 saturated heterocycles. The minimum atomic E-state index is -1.33.